The van der Waals surface area contributed by atoms with Gasteiger partial charge in [-0.1, -0.05) is 6.07 Å². The lowest BCUT2D eigenvalue weighted by atomic mass is 9.78. The Balaban J connectivity index is 2.22. The van der Waals surface area contributed by atoms with Gasteiger partial charge in [0.05, 0.1) is 15.8 Å². The number of hydrogen-bond donors (Lipinski definition) is 4. The maximum Gasteiger partial charge on any atom is 0.437 e. The van der Waals surface area contributed by atoms with Crippen molar-refractivity contribution in [3.63, 3.8) is 0 Å². The number of urea groups is 1. The Bertz CT molecular complexity index is 981. The first-order valence-corrected chi connectivity index (χ1v) is 8.76. The minimum absolute atomic E-state index is 0.148. The summed E-state index contributed by atoms with van der Waals surface area (Å²) in [6.45, 7) is 0. The second-order valence-electron chi connectivity index (χ2n) is 6.16. The molecule has 2 heterocycles. The topological polar surface area (TPSA) is 142 Å². The molecule has 1 saturated heterocycles. The molecule has 9 nitrogen and oxygen atoms in total. The molecule has 1 aromatic carbocycles. The molecule has 0 saturated carbocycles. The highest BCUT2D eigenvalue weighted by Gasteiger charge is 2.66. The van der Waals surface area contributed by atoms with E-state index in [0.717, 1.165) is 29.5 Å². The van der Waals surface area contributed by atoms with Crippen LogP contribution < -0.4 is 10.6 Å². The molecule has 1 aromatic heterocycles. The van der Waals surface area contributed by atoms with E-state index in [1.54, 1.807) is 0 Å². The second-order valence-corrected chi connectivity index (χ2v) is 7.11. The van der Waals surface area contributed by atoms with Crippen LogP contribution in [0.5, 0.6) is 5.75 Å². The van der Waals surface area contributed by atoms with Crippen LogP contribution in [-0.4, -0.2) is 38.9 Å². The van der Waals surface area contributed by atoms with Crippen molar-refractivity contribution in [2.75, 3.05) is 0 Å². The number of thiophene rings is 1. The molecule has 3 unspecified atom stereocenters. The van der Waals surface area contributed by atoms with Crippen molar-refractivity contribution in [1.29, 1.82) is 0 Å². The minimum Gasteiger partial charge on any atom is -0.508 e. The number of carbonyl (C=O) groups excluding carboxylic acids is 2. The first-order chi connectivity index (χ1) is 13.5. The van der Waals surface area contributed by atoms with Gasteiger partial charge in [-0.05, 0) is 17.5 Å². The summed E-state index contributed by atoms with van der Waals surface area (Å²) < 4.78 is 41.2. The lowest BCUT2D eigenvalue weighted by Crippen LogP contribution is -2.72. The van der Waals surface area contributed by atoms with Gasteiger partial charge in [-0.3, -0.25) is 14.9 Å². The number of amides is 2. The maximum atomic E-state index is 13.7. The number of aliphatic hydroxyl groups is 1. The zero-order valence-electron chi connectivity index (χ0n) is 14.1. The first-order valence-electron chi connectivity index (χ1n) is 7.88. The number of nitrogens with one attached hydrogen (secondary N) is 2. The van der Waals surface area contributed by atoms with Crippen molar-refractivity contribution in [3.05, 3.63) is 56.3 Å². The molecule has 2 amide bonds. The van der Waals surface area contributed by atoms with Crippen LogP contribution in [0.3, 0.4) is 0 Å². The van der Waals surface area contributed by atoms with Gasteiger partial charge in [0.25, 0.3) is 5.69 Å². The number of rotatable bonds is 4. The molecule has 154 valence electrons. The molecular formula is C16H12F3N3O6S. The van der Waals surface area contributed by atoms with E-state index in [-0.39, 0.29) is 4.88 Å². The largest absolute Gasteiger partial charge is 0.508 e. The van der Waals surface area contributed by atoms with E-state index in [0.29, 0.717) is 0 Å². The monoisotopic (exact) mass is 431 g/mol. The molecule has 3 atom stereocenters. The fourth-order valence-corrected chi connectivity index (χ4v) is 3.78. The van der Waals surface area contributed by atoms with Gasteiger partial charge in [0.1, 0.15) is 11.7 Å². The van der Waals surface area contributed by atoms with E-state index in [2.05, 4.69) is 5.32 Å². The third kappa shape index (κ3) is 3.49. The van der Waals surface area contributed by atoms with Crippen LogP contribution in [0, 0.1) is 16.0 Å². The van der Waals surface area contributed by atoms with Gasteiger partial charge in [0, 0.05) is 17.7 Å². The van der Waals surface area contributed by atoms with Gasteiger partial charge in [0.2, 0.25) is 5.72 Å². The van der Waals surface area contributed by atoms with Crippen LogP contribution >= 0.6 is 11.3 Å². The highest BCUT2D eigenvalue weighted by atomic mass is 32.1. The number of Topliss-reactive ketones (excluding diaryl/α,β-unsaturated/α-hetero) is 1. The van der Waals surface area contributed by atoms with Crippen LogP contribution in [0.25, 0.3) is 0 Å². The zero-order valence-corrected chi connectivity index (χ0v) is 15.0. The van der Waals surface area contributed by atoms with Crippen LogP contribution in [0.15, 0.2) is 35.7 Å². The molecule has 1 fully saturated rings. The number of carbonyl (C=O) groups is 2. The molecule has 29 heavy (non-hydrogen) atoms. The molecule has 1 aliphatic rings. The SMILES string of the molecule is O=C1NC(c2cc([N+](=O)[O-])ccc2O)C(C(=O)c2cccs2)C(O)(C(F)(F)F)N1. The molecule has 4 N–H and O–H groups in total. The molecular weight excluding hydrogens is 419 g/mol. The number of non-ortho nitro benzene ring substituents is 1. The van der Waals surface area contributed by atoms with Crippen LogP contribution in [0.2, 0.25) is 0 Å². The van der Waals surface area contributed by atoms with E-state index in [1.807, 2.05) is 0 Å². The summed E-state index contributed by atoms with van der Waals surface area (Å²) in [5.74, 6) is -4.26. The molecule has 0 aliphatic carbocycles. The third-order valence-corrected chi connectivity index (χ3v) is 5.29. The van der Waals surface area contributed by atoms with E-state index >= 15 is 0 Å². The van der Waals surface area contributed by atoms with E-state index < -0.39 is 57.6 Å². The Morgan fingerprint density at radius 1 is 1.31 bits per heavy atom. The minimum atomic E-state index is -5.48. The summed E-state index contributed by atoms with van der Waals surface area (Å²) in [6.07, 6.45) is -5.48. The fourth-order valence-electron chi connectivity index (χ4n) is 3.07. The Morgan fingerprint density at radius 2 is 2.00 bits per heavy atom. The third-order valence-electron chi connectivity index (χ3n) is 4.41. The summed E-state index contributed by atoms with van der Waals surface area (Å²) in [5, 5.41) is 36.3. The lowest BCUT2D eigenvalue weighted by Gasteiger charge is -2.44. The molecule has 0 spiro atoms. The zero-order chi connectivity index (χ0) is 21.6. The van der Waals surface area contributed by atoms with Crippen molar-refractivity contribution in [3.8, 4) is 5.75 Å². The number of benzene rings is 1. The van der Waals surface area contributed by atoms with E-state index in [9.17, 15) is 43.1 Å². The van der Waals surface area contributed by atoms with E-state index in [1.165, 1.54) is 22.8 Å². The first kappa shape index (κ1) is 20.5. The average Bonchev–Trinajstić information content (AvgIpc) is 3.14. The summed E-state index contributed by atoms with van der Waals surface area (Å²) >= 11 is 0.807. The van der Waals surface area contributed by atoms with Crippen molar-refractivity contribution in [2.24, 2.45) is 5.92 Å². The Kier molecular flexibility index (Phi) is 4.96. The molecule has 0 radical (unpaired) electrons. The van der Waals surface area contributed by atoms with Gasteiger partial charge >= 0.3 is 12.2 Å². The molecule has 2 aromatic rings. The maximum absolute atomic E-state index is 13.7. The van der Waals surface area contributed by atoms with Crippen LogP contribution in [0.4, 0.5) is 23.7 Å². The number of phenols is 1. The number of halogens is 3. The Hall–Kier alpha value is -3.19. The molecule has 13 heteroatoms. The predicted molar refractivity (Wildman–Crippen MR) is 92.3 cm³/mol. The number of alkyl halides is 3. The number of nitro benzene ring substituents is 1. The molecule has 0 bridgehead atoms. The van der Waals surface area contributed by atoms with Crippen LogP contribution in [0.1, 0.15) is 21.3 Å². The summed E-state index contributed by atoms with van der Waals surface area (Å²) in [7, 11) is 0. The van der Waals surface area contributed by atoms with Gasteiger partial charge in [-0.15, -0.1) is 11.3 Å². The summed E-state index contributed by atoms with van der Waals surface area (Å²) in [5.41, 5.74) is -5.10. The number of nitrogens with zero attached hydrogens (tertiary/aromatic N) is 1. The van der Waals surface area contributed by atoms with Gasteiger partial charge in [-0.25, -0.2) is 4.79 Å². The number of aromatic hydroxyl groups is 1. The standard InChI is InChI=1S/C16H12F3N3O6S/c17-16(18,19)15(26)11(13(24)10-2-1-5-29-10)12(20-14(25)21-15)8-6-7(22(27)28)3-4-9(8)23/h1-6,11-12,23,26H,(H2,20,21,25). The molecule has 1 aliphatic heterocycles. The van der Waals surface area contributed by atoms with Crippen LogP contribution in [-0.2, 0) is 0 Å². The molecule has 3 rings (SSSR count). The van der Waals surface area contributed by atoms with Gasteiger partial charge < -0.3 is 20.8 Å². The predicted octanol–water partition coefficient (Wildman–Crippen LogP) is 2.47. The Morgan fingerprint density at radius 3 is 2.55 bits per heavy atom. The van der Waals surface area contributed by atoms with Gasteiger partial charge in [0.15, 0.2) is 5.78 Å². The van der Waals surface area contributed by atoms with Gasteiger partial charge in [-0.2, -0.15) is 13.2 Å². The van der Waals surface area contributed by atoms with Crippen molar-refractivity contribution in [2.45, 2.75) is 17.9 Å². The fraction of sp³-hybridized carbons (Fsp3) is 0.250. The highest BCUT2D eigenvalue weighted by molar-refractivity contribution is 7.12. The number of phenolic OH excluding ortho intramolecular Hbond substituents is 1. The van der Waals surface area contributed by atoms with Crippen molar-refractivity contribution >= 4 is 28.8 Å². The average molecular weight is 431 g/mol. The van der Waals surface area contributed by atoms with Crippen molar-refractivity contribution < 1.29 is 37.9 Å². The normalized spacial score (nSPS) is 24.5. The smallest absolute Gasteiger partial charge is 0.437 e. The Labute approximate surface area is 163 Å². The highest BCUT2D eigenvalue weighted by Crippen LogP contribution is 2.46. The summed E-state index contributed by atoms with van der Waals surface area (Å²) in [6, 6.07) is 1.72. The number of nitro groups is 1. The number of hydrogen-bond acceptors (Lipinski definition) is 7. The van der Waals surface area contributed by atoms with E-state index in [4.69, 9.17) is 0 Å². The number of ketones is 1. The lowest BCUT2D eigenvalue weighted by molar-refractivity contribution is -0.385. The second kappa shape index (κ2) is 7.00. The quantitative estimate of drug-likeness (QED) is 0.333. The van der Waals surface area contributed by atoms with Crippen molar-refractivity contribution in [1.82, 2.24) is 10.6 Å². The summed E-state index contributed by atoms with van der Waals surface area (Å²) in [4.78, 5) is 34.8.